The Labute approximate surface area is 92.4 Å². The van der Waals surface area contributed by atoms with E-state index in [9.17, 15) is 8.42 Å². The third kappa shape index (κ3) is 4.24. The quantitative estimate of drug-likeness (QED) is 0.551. The summed E-state index contributed by atoms with van der Waals surface area (Å²) in [7, 11) is -2.74. The molecule has 0 N–H and O–H groups in total. The van der Waals surface area contributed by atoms with Gasteiger partial charge in [-0.25, -0.2) is 8.42 Å². The first-order valence-electron chi connectivity index (χ1n) is 5.41. The van der Waals surface area contributed by atoms with E-state index < -0.39 is 9.84 Å². The first-order chi connectivity index (χ1) is 6.97. The second-order valence-electron chi connectivity index (χ2n) is 4.55. The zero-order valence-electron chi connectivity index (χ0n) is 9.53. The van der Waals surface area contributed by atoms with Crippen LogP contribution in [0, 0.1) is 5.41 Å². The lowest BCUT2D eigenvalue weighted by Gasteiger charge is -2.33. The summed E-state index contributed by atoms with van der Waals surface area (Å²) in [5.41, 5.74) is 0.146. The smallest absolute Gasteiger partial charge is 0.150 e. The van der Waals surface area contributed by atoms with Gasteiger partial charge >= 0.3 is 0 Å². The largest absolute Gasteiger partial charge is 0.502 e. The van der Waals surface area contributed by atoms with Gasteiger partial charge in [0, 0.05) is 0 Å². The molecular weight excluding hydrogens is 212 g/mol. The molecule has 0 unspecified atom stereocenters. The van der Waals surface area contributed by atoms with Gasteiger partial charge < -0.3 is 4.74 Å². The highest BCUT2D eigenvalue weighted by molar-refractivity contribution is 7.91. The van der Waals surface area contributed by atoms with Crippen LogP contribution in [0.4, 0.5) is 0 Å². The molecule has 4 heteroatoms. The second-order valence-corrected chi connectivity index (χ2v) is 6.86. The van der Waals surface area contributed by atoms with Gasteiger partial charge in [0.2, 0.25) is 0 Å². The lowest BCUT2D eigenvalue weighted by Crippen LogP contribution is -2.32. The topological polar surface area (TPSA) is 43.4 Å². The number of allylic oxidation sites excluding steroid dienone is 1. The summed E-state index contributed by atoms with van der Waals surface area (Å²) >= 11 is 0. The highest BCUT2D eigenvalue weighted by Gasteiger charge is 2.32. The molecule has 0 spiro atoms. The number of rotatable bonds is 4. The molecule has 0 aliphatic carbocycles. The third-order valence-corrected chi connectivity index (χ3v) is 4.74. The fourth-order valence-corrected chi connectivity index (χ4v) is 3.56. The lowest BCUT2D eigenvalue weighted by molar-refractivity contribution is 0.165. The highest BCUT2D eigenvalue weighted by atomic mass is 32.2. The van der Waals surface area contributed by atoms with Crippen molar-refractivity contribution in [1.29, 1.82) is 0 Å². The Hall–Kier alpha value is -0.510. The van der Waals surface area contributed by atoms with E-state index >= 15 is 0 Å². The Kier molecular flexibility index (Phi) is 4.20. The van der Waals surface area contributed by atoms with Gasteiger partial charge in [-0.05, 0) is 31.6 Å². The molecule has 1 heterocycles. The number of ether oxygens (including phenoxy) is 1. The molecule has 0 amide bonds. The minimum absolute atomic E-state index is 0.146. The summed E-state index contributed by atoms with van der Waals surface area (Å²) < 4.78 is 27.8. The average molecular weight is 232 g/mol. The number of hydrogen-bond donors (Lipinski definition) is 0. The zero-order chi connectivity index (χ0) is 11.4. The molecule has 0 saturated carbocycles. The van der Waals surface area contributed by atoms with Gasteiger partial charge in [-0.15, -0.1) is 0 Å². The first-order valence-corrected chi connectivity index (χ1v) is 7.23. The normalized spacial score (nSPS) is 24.1. The SMILES string of the molecule is C/C=C/OCCC1(C)CCS(=O)(=O)CC1. The Morgan fingerprint density at radius 1 is 1.33 bits per heavy atom. The summed E-state index contributed by atoms with van der Waals surface area (Å²) in [6.07, 6.45) is 6.02. The van der Waals surface area contributed by atoms with Gasteiger partial charge in [0.05, 0.1) is 24.4 Å². The maximum atomic E-state index is 11.3. The molecule has 1 saturated heterocycles. The van der Waals surface area contributed by atoms with E-state index in [1.807, 2.05) is 13.0 Å². The van der Waals surface area contributed by atoms with Crippen LogP contribution in [0.25, 0.3) is 0 Å². The minimum Gasteiger partial charge on any atom is -0.502 e. The maximum Gasteiger partial charge on any atom is 0.150 e. The fraction of sp³-hybridized carbons (Fsp3) is 0.818. The van der Waals surface area contributed by atoms with Gasteiger partial charge in [-0.1, -0.05) is 13.0 Å². The van der Waals surface area contributed by atoms with Crippen molar-refractivity contribution in [2.45, 2.75) is 33.1 Å². The van der Waals surface area contributed by atoms with Crippen molar-refractivity contribution in [3.63, 3.8) is 0 Å². The predicted octanol–water partition coefficient (Wildman–Crippen LogP) is 2.14. The van der Waals surface area contributed by atoms with Crippen molar-refractivity contribution >= 4 is 9.84 Å². The predicted molar refractivity (Wildman–Crippen MR) is 61.4 cm³/mol. The second kappa shape index (κ2) is 5.01. The van der Waals surface area contributed by atoms with Crippen LogP contribution in [0.2, 0.25) is 0 Å². The van der Waals surface area contributed by atoms with Crippen LogP contribution in [0.15, 0.2) is 12.3 Å². The Morgan fingerprint density at radius 3 is 2.47 bits per heavy atom. The maximum absolute atomic E-state index is 11.3. The molecule has 0 aromatic rings. The van der Waals surface area contributed by atoms with Gasteiger partial charge in [-0.2, -0.15) is 0 Å². The first kappa shape index (κ1) is 12.6. The molecular formula is C11H20O3S. The molecule has 1 aliphatic rings. The van der Waals surface area contributed by atoms with Crippen molar-refractivity contribution in [1.82, 2.24) is 0 Å². The van der Waals surface area contributed by atoms with E-state index in [2.05, 4.69) is 6.92 Å². The van der Waals surface area contributed by atoms with Crippen molar-refractivity contribution in [2.75, 3.05) is 18.1 Å². The van der Waals surface area contributed by atoms with E-state index in [4.69, 9.17) is 4.74 Å². The highest BCUT2D eigenvalue weighted by Crippen LogP contribution is 2.35. The van der Waals surface area contributed by atoms with Crippen LogP contribution in [-0.4, -0.2) is 26.5 Å². The molecule has 88 valence electrons. The van der Waals surface area contributed by atoms with Gasteiger partial charge in [0.1, 0.15) is 9.84 Å². The van der Waals surface area contributed by atoms with Gasteiger partial charge in [0.15, 0.2) is 0 Å². The Morgan fingerprint density at radius 2 is 1.93 bits per heavy atom. The van der Waals surface area contributed by atoms with Crippen LogP contribution in [0.3, 0.4) is 0 Å². The molecule has 0 radical (unpaired) electrons. The summed E-state index contributed by atoms with van der Waals surface area (Å²) in [6, 6.07) is 0. The molecule has 0 aromatic heterocycles. The van der Waals surface area contributed by atoms with Crippen molar-refractivity contribution in [2.24, 2.45) is 5.41 Å². The number of sulfone groups is 1. The fourth-order valence-electron chi connectivity index (χ4n) is 1.75. The number of hydrogen-bond acceptors (Lipinski definition) is 3. The Balaban J connectivity index is 2.35. The monoisotopic (exact) mass is 232 g/mol. The zero-order valence-corrected chi connectivity index (χ0v) is 10.3. The minimum atomic E-state index is -2.74. The molecule has 0 bridgehead atoms. The molecule has 15 heavy (non-hydrogen) atoms. The molecule has 0 atom stereocenters. The van der Waals surface area contributed by atoms with Gasteiger partial charge in [-0.3, -0.25) is 0 Å². The van der Waals surface area contributed by atoms with E-state index in [-0.39, 0.29) is 5.41 Å². The molecule has 3 nitrogen and oxygen atoms in total. The molecule has 1 aliphatic heterocycles. The van der Waals surface area contributed by atoms with Gasteiger partial charge in [0.25, 0.3) is 0 Å². The van der Waals surface area contributed by atoms with Crippen LogP contribution >= 0.6 is 0 Å². The van der Waals surface area contributed by atoms with Crippen molar-refractivity contribution < 1.29 is 13.2 Å². The summed E-state index contributed by atoms with van der Waals surface area (Å²) in [5, 5.41) is 0. The molecule has 0 aromatic carbocycles. The summed E-state index contributed by atoms with van der Waals surface area (Å²) in [5.74, 6) is 0.681. The van der Waals surface area contributed by atoms with Crippen molar-refractivity contribution in [3.8, 4) is 0 Å². The average Bonchev–Trinajstić information content (AvgIpc) is 2.19. The van der Waals surface area contributed by atoms with E-state index in [1.54, 1.807) is 6.26 Å². The standard InChI is InChI=1S/C11H20O3S/c1-3-7-14-8-4-11(2)5-9-15(12,13)10-6-11/h3,7H,4-6,8-10H2,1-2H3/b7-3+. The third-order valence-electron chi connectivity index (χ3n) is 3.09. The van der Waals surface area contributed by atoms with E-state index in [1.165, 1.54) is 0 Å². The summed E-state index contributed by atoms with van der Waals surface area (Å²) in [4.78, 5) is 0. The summed E-state index contributed by atoms with van der Waals surface area (Å²) in [6.45, 7) is 4.75. The molecule has 1 fully saturated rings. The van der Waals surface area contributed by atoms with Crippen LogP contribution in [0.5, 0.6) is 0 Å². The van der Waals surface area contributed by atoms with Crippen LogP contribution < -0.4 is 0 Å². The van der Waals surface area contributed by atoms with Crippen molar-refractivity contribution in [3.05, 3.63) is 12.3 Å². The van der Waals surface area contributed by atoms with Crippen LogP contribution in [0.1, 0.15) is 33.1 Å². The Bertz CT molecular complexity index is 303. The molecule has 1 rings (SSSR count). The van der Waals surface area contributed by atoms with E-state index in [0.29, 0.717) is 18.1 Å². The lowest BCUT2D eigenvalue weighted by atomic mass is 9.81. The van der Waals surface area contributed by atoms with Crippen LogP contribution in [-0.2, 0) is 14.6 Å². The van der Waals surface area contributed by atoms with E-state index in [0.717, 1.165) is 19.3 Å².